The summed E-state index contributed by atoms with van der Waals surface area (Å²) in [4.78, 5) is 0. The standard InChI is InChI=1S/C18H33NO2/c1-6-7-8-9-10-15(2)20-14-17-11-16(13-21-17)12-19-18(3,4)5/h11,13,15,19H,6-10,12,14H2,1-5H3. The van der Waals surface area contributed by atoms with Crippen molar-refractivity contribution in [3.05, 3.63) is 23.7 Å². The van der Waals surface area contributed by atoms with Gasteiger partial charge in [0.1, 0.15) is 12.4 Å². The van der Waals surface area contributed by atoms with Gasteiger partial charge >= 0.3 is 0 Å². The molecule has 0 spiro atoms. The molecule has 0 radical (unpaired) electrons. The first-order valence-electron chi connectivity index (χ1n) is 8.33. The predicted octanol–water partition coefficient (Wildman–Crippen LogP) is 5.04. The van der Waals surface area contributed by atoms with Crippen molar-refractivity contribution in [3.63, 3.8) is 0 Å². The average molecular weight is 295 g/mol. The molecule has 1 unspecified atom stereocenters. The van der Waals surface area contributed by atoms with Gasteiger partial charge in [-0.25, -0.2) is 0 Å². The highest BCUT2D eigenvalue weighted by molar-refractivity contribution is 5.12. The van der Waals surface area contributed by atoms with E-state index in [1.165, 1.54) is 31.2 Å². The second kappa shape index (κ2) is 9.26. The zero-order chi connectivity index (χ0) is 15.7. The second-order valence-corrected chi connectivity index (χ2v) is 7.00. The summed E-state index contributed by atoms with van der Waals surface area (Å²) in [5, 5.41) is 3.46. The van der Waals surface area contributed by atoms with Crippen molar-refractivity contribution in [2.24, 2.45) is 0 Å². The number of unbranched alkanes of at least 4 members (excludes halogenated alkanes) is 3. The van der Waals surface area contributed by atoms with E-state index in [0.29, 0.717) is 12.7 Å². The highest BCUT2D eigenvalue weighted by Gasteiger charge is 2.10. The van der Waals surface area contributed by atoms with Crippen molar-refractivity contribution in [2.75, 3.05) is 0 Å². The third-order valence-electron chi connectivity index (χ3n) is 3.51. The van der Waals surface area contributed by atoms with Gasteiger partial charge in [0.2, 0.25) is 0 Å². The van der Waals surface area contributed by atoms with Crippen LogP contribution in [0.5, 0.6) is 0 Å². The van der Waals surface area contributed by atoms with Crippen molar-refractivity contribution >= 4 is 0 Å². The van der Waals surface area contributed by atoms with E-state index in [-0.39, 0.29) is 5.54 Å². The molecule has 0 amide bonds. The minimum Gasteiger partial charge on any atom is -0.467 e. The molecule has 3 nitrogen and oxygen atoms in total. The molecular formula is C18H33NO2. The summed E-state index contributed by atoms with van der Waals surface area (Å²) in [7, 11) is 0. The van der Waals surface area contributed by atoms with Crippen molar-refractivity contribution in [1.29, 1.82) is 0 Å². The maximum Gasteiger partial charge on any atom is 0.129 e. The van der Waals surface area contributed by atoms with Crippen LogP contribution in [0.15, 0.2) is 16.7 Å². The van der Waals surface area contributed by atoms with Crippen LogP contribution in [0.1, 0.15) is 78.0 Å². The average Bonchev–Trinajstić information content (AvgIpc) is 2.86. The van der Waals surface area contributed by atoms with E-state index in [1.54, 1.807) is 0 Å². The summed E-state index contributed by atoms with van der Waals surface area (Å²) in [6.07, 6.45) is 8.45. The Morgan fingerprint density at radius 2 is 2.00 bits per heavy atom. The Balaban J connectivity index is 2.22. The molecule has 1 N–H and O–H groups in total. The number of nitrogens with one attached hydrogen (secondary N) is 1. The molecular weight excluding hydrogens is 262 g/mol. The smallest absolute Gasteiger partial charge is 0.129 e. The Labute approximate surface area is 130 Å². The van der Waals surface area contributed by atoms with Gasteiger partial charge in [-0.2, -0.15) is 0 Å². The lowest BCUT2D eigenvalue weighted by atomic mass is 10.1. The summed E-state index contributed by atoms with van der Waals surface area (Å²) in [5.41, 5.74) is 1.31. The third-order valence-corrected chi connectivity index (χ3v) is 3.51. The van der Waals surface area contributed by atoms with Crippen LogP contribution in [-0.4, -0.2) is 11.6 Å². The minimum absolute atomic E-state index is 0.126. The molecule has 1 atom stereocenters. The monoisotopic (exact) mass is 295 g/mol. The molecule has 0 bridgehead atoms. The molecule has 0 aliphatic rings. The van der Waals surface area contributed by atoms with Crippen molar-refractivity contribution in [1.82, 2.24) is 5.32 Å². The molecule has 3 heteroatoms. The van der Waals surface area contributed by atoms with E-state index in [4.69, 9.17) is 9.15 Å². The van der Waals surface area contributed by atoms with E-state index in [1.807, 2.05) is 6.26 Å². The fourth-order valence-electron chi connectivity index (χ4n) is 2.13. The van der Waals surface area contributed by atoms with Gasteiger partial charge < -0.3 is 14.5 Å². The lowest BCUT2D eigenvalue weighted by Crippen LogP contribution is -2.34. The molecule has 0 fully saturated rings. The van der Waals surface area contributed by atoms with Gasteiger partial charge in [-0.15, -0.1) is 0 Å². The van der Waals surface area contributed by atoms with Gasteiger partial charge in [0.05, 0.1) is 12.4 Å². The molecule has 1 aromatic rings. The van der Waals surface area contributed by atoms with Crippen LogP contribution in [0.25, 0.3) is 0 Å². The van der Waals surface area contributed by atoms with Crippen LogP contribution >= 0.6 is 0 Å². The Bertz CT molecular complexity index is 379. The van der Waals surface area contributed by atoms with Gasteiger partial charge in [-0.3, -0.25) is 0 Å². The van der Waals surface area contributed by atoms with Crippen LogP contribution in [0.3, 0.4) is 0 Å². The van der Waals surface area contributed by atoms with E-state index < -0.39 is 0 Å². The normalized spacial score (nSPS) is 13.6. The number of furan rings is 1. The molecule has 1 rings (SSSR count). The van der Waals surface area contributed by atoms with Crippen molar-refractivity contribution < 1.29 is 9.15 Å². The van der Waals surface area contributed by atoms with Crippen LogP contribution in [0.2, 0.25) is 0 Å². The number of hydrogen-bond donors (Lipinski definition) is 1. The number of ether oxygens (including phenoxy) is 1. The van der Waals surface area contributed by atoms with Crippen LogP contribution in [-0.2, 0) is 17.9 Å². The summed E-state index contributed by atoms with van der Waals surface area (Å²) < 4.78 is 11.4. The van der Waals surface area contributed by atoms with Gasteiger partial charge in [0, 0.05) is 17.6 Å². The maximum atomic E-state index is 5.85. The first-order valence-corrected chi connectivity index (χ1v) is 8.33. The van der Waals surface area contributed by atoms with Gasteiger partial charge in [0.25, 0.3) is 0 Å². The molecule has 0 aromatic carbocycles. The second-order valence-electron chi connectivity index (χ2n) is 7.00. The molecule has 0 saturated heterocycles. The van der Waals surface area contributed by atoms with Gasteiger partial charge in [-0.05, 0) is 40.2 Å². The Morgan fingerprint density at radius 1 is 1.24 bits per heavy atom. The van der Waals surface area contributed by atoms with E-state index >= 15 is 0 Å². The molecule has 0 saturated carbocycles. The fourth-order valence-corrected chi connectivity index (χ4v) is 2.13. The van der Waals surface area contributed by atoms with E-state index in [9.17, 15) is 0 Å². The van der Waals surface area contributed by atoms with Crippen LogP contribution in [0.4, 0.5) is 0 Å². The summed E-state index contributed by atoms with van der Waals surface area (Å²) in [6.45, 7) is 12.3. The molecule has 21 heavy (non-hydrogen) atoms. The third kappa shape index (κ3) is 8.94. The first-order chi connectivity index (χ1) is 9.90. The highest BCUT2D eigenvalue weighted by Crippen LogP contribution is 2.14. The Kier molecular flexibility index (Phi) is 8.05. The molecule has 1 aromatic heterocycles. The quantitative estimate of drug-likeness (QED) is 0.614. The Morgan fingerprint density at radius 3 is 2.67 bits per heavy atom. The summed E-state index contributed by atoms with van der Waals surface area (Å²) in [5.74, 6) is 0.918. The molecule has 0 aliphatic carbocycles. The maximum absolute atomic E-state index is 5.85. The zero-order valence-electron chi connectivity index (χ0n) is 14.5. The molecule has 1 heterocycles. The lowest BCUT2D eigenvalue weighted by Gasteiger charge is -2.19. The van der Waals surface area contributed by atoms with Crippen LogP contribution in [0, 0.1) is 0 Å². The number of rotatable bonds is 10. The van der Waals surface area contributed by atoms with Gasteiger partial charge in [0.15, 0.2) is 0 Å². The fraction of sp³-hybridized carbons (Fsp3) is 0.778. The predicted molar refractivity (Wildman–Crippen MR) is 88.3 cm³/mol. The van der Waals surface area contributed by atoms with E-state index in [2.05, 4.69) is 46.0 Å². The zero-order valence-corrected chi connectivity index (χ0v) is 14.5. The van der Waals surface area contributed by atoms with Crippen molar-refractivity contribution in [2.45, 2.75) is 91.5 Å². The highest BCUT2D eigenvalue weighted by atomic mass is 16.5. The van der Waals surface area contributed by atoms with Crippen LogP contribution < -0.4 is 5.32 Å². The lowest BCUT2D eigenvalue weighted by molar-refractivity contribution is 0.0360. The topological polar surface area (TPSA) is 34.4 Å². The van der Waals surface area contributed by atoms with Gasteiger partial charge in [-0.1, -0.05) is 32.6 Å². The summed E-state index contributed by atoms with van der Waals surface area (Å²) in [6, 6.07) is 2.09. The first kappa shape index (κ1) is 18.2. The molecule has 122 valence electrons. The van der Waals surface area contributed by atoms with E-state index in [0.717, 1.165) is 18.7 Å². The number of hydrogen-bond acceptors (Lipinski definition) is 3. The Hall–Kier alpha value is -0.800. The summed E-state index contributed by atoms with van der Waals surface area (Å²) >= 11 is 0. The largest absolute Gasteiger partial charge is 0.467 e. The van der Waals surface area contributed by atoms with Crippen molar-refractivity contribution in [3.8, 4) is 0 Å². The minimum atomic E-state index is 0.126. The SMILES string of the molecule is CCCCCCC(C)OCc1cc(CNC(C)(C)C)co1. The molecule has 0 aliphatic heterocycles.